The maximum absolute atomic E-state index is 12.0. The Labute approximate surface area is 102 Å². The standard InChI is InChI=1S/C12H18NO3P/c1-3-15-17(14,16-4-2)13-11-10-12-8-6-5-7-9-12/h5-9,11H,3-4,10H2,1-2H3. The minimum Gasteiger partial charge on any atom is -0.291 e. The molecule has 0 unspecified atom stereocenters. The number of hydrogen-bond donors (Lipinski definition) is 0. The summed E-state index contributed by atoms with van der Waals surface area (Å²) in [6.07, 6.45) is 2.20. The first-order valence-electron chi connectivity index (χ1n) is 5.67. The van der Waals surface area contributed by atoms with Gasteiger partial charge in [0.25, 0.3) is 0 Å². The van der Waals surface area contributed by atoms with Crippen molar-refractivity contribution in [1.82, 2.24) is 0 Å². The van der Waals surface area contributed by atoms with Gasteiger partial charge in [0, 0.05) is 12.6 Å². The second-order valence-corrected chi connectivity index (χ2v) is 4.98. The van der Waals surface area contributed by atoms with Crippen molar-refractivity contribution in [3.05, 3.63) is 35.9 Å². The van der Waals surface area contributed by atoms with Crippen LogP contribution in [0.15, 0.2) is 35.1 Å². The van der Waals surface area contributed by atoms with Crippen molar-refractivity contribution in [1.29, 1.82) is 0 Å². The summed E-state index contributed by atoms with van der Waals surface area (Å²) < 4.78 is 26.0. The lowest BCUT2D eigenvalue weighted by molar-refractivity contribution is 0.221. The molecule has 0 aliphatic carbocycles. The lowest BCUT2D eigenvalue weighted by atomic mass is 10.2. The Bertz CT molecular complexity index is 382. The van der Waals surface area contributed by atoms with Gasteiger partial charge in [-0.25, -0.2) is 4.57 Å². The lowest BCUT2D eigenvalue weighted by Gasteiger charge is -2.10. The van der Waals surface area contributed by atoms with Gasteiger partial charge in [-0.15, -0.1) is 0 Å². The molecule has 5 heteroatoms. The first-order valence-corrected chi connectivity index (χ1v) is 7.17. The zero-order chi connectivity index (χ0) is 12.6. The maximum atomic E-state index is 12.0. The van der Waals surface area contributed by atoms with E-state index in [0.29, 0.717) is 19.6 Å². The molecule has 17 heavy (non-hydrogen) atoms. The van der Waals surface area contributed by atoms with E-state index in [9.17, 15) is 4.57 Å². The highest BCUT2D eigenvalue weighted by atomic mass is 31.2. The first-order chi connectivity index (χ1) is 8.20. The normalized spacial score (nSPS) is 12.1. The molecule has 0 atom stereocenters. The predicted octanol–water partition coefficient (Wildman–Crippen LogP) is 3.48. The molecule has 1 aromatic carbocycles. The zero-order valence-corrected chi connectivity index (χ0v) is 11.1. The Morgan fingerprint density at radius 1 is 1.18 bits per heavy atom. The number of nitrogens with zero attached hydrogens (tertiary/aromatic N) is 1. The summed E-state index contributed by atoms with van der Waals surface area (Å²) in [5.74, 6) is 0. The summed E-state index contributed by atoms with van der Waals surface area (Å²) in [6.45, 7) is 4.16. The van der Waals surface area contributed by atoms with Crippen molar-refractivity contribution in [3.8, 4) is 0 Å². The van der Waals surface area contributed by atoms with Gasteiger partial charge in [-0.05, 0) is 19.4 Å². The van der Waals surface area contributed by atoms with Crippen molar-refractivity contribution in [2.45, 2.75) is 20.3 Å². The SMILES string of the molecule is CCOP(=O)(N=CCc1ccccc1)OCC. The Balaban J connectivity index is 2.58. The highest BCUT2D eigenvalue weighted by Gasteiger charge is 2.20. The third-order valence-electron chi connectivity index (χ3n) is 1.98. The minimum atomic E-state index is -3.29. The van der Waals surface area contributed by atoms with Gasteiger partial charge in [-0.1, -0.05) is 30.3 Å². The largest absolute Gasteiger partial charge is 0.453 e. The highest BCUT2D eigenvalue weighted by Crippen LogP contribution is 2.49. The quantitative estimate of drug-likeness (QED) is 0.553. The summed E-state index contributed by atoms with van der Waals surface area (Å²) in [7, 11) is -3.29. The van der Waals surface area contributed by atoms with Crippen LogP contribution in [-0.4, -0.2) is 19.4 Å². The van der Waals surface area contributed by atoms with Crippen molar-refractivity contribution in [2.75, 3.05) is 13.2 Å². The Hall–Kier alpha value is -0.960. The molecule has 0 radical (unpaired) electrons. The van der Waals surface area contributed by atoms with Gasteiger partial charge in [0.15, 0.2) is 0 Å². The van der Waals surface area contributed by atoms with Crippen LogP contribution in [0.2, 0.25) is 0 Å². The lowest BCUT2D eigenvalue weighted by Crippen LogP contribution is -1.94. The molecule has 0 amide bonds. The number of rotatable bonds is 7. The van der Waals surface area contributed by atoms with Crippen LogP contribution < -0.4 is 0 Å². The van der Waals surface area contributed by atoms with Crippen LogP contribution in [0.5, 0.6) is 0 Å². The Morgan fingerprint density at radius 2 is 1.76 bits per heavy atom. The fourth-order valence-corrected chi connectivity index (χ4v) is 2.43. The average molecular weight is 255 g/mol. The van der Waals surface area contributed by atoms with Gasteiger partial charge in [0.2, 0.25) is 0 Å². The van der Waals surface area contributed by atoms with Gasteiger partial charge in [0.1, 0.15) is 0 Å². The van der Waals surface area contributed by atoms with Crippen LogP contribution in [0, 0.1) is 0 Å². The monoisotopic (exact) mass is 255 g/mol. The van der Waals surface area contributed by atoms with Crippen molar-refractivity contribution in [3.63, 3.8) is 0 Å². The van der Waals surface area contributed by atoms with E-state index in [2.05, 4.69) is 4.76 Å². The summed E-state index contributed by atoms with van der Waals surface area (Å²) in [4.78, 5) is 0. The van der Waals surface area contributed by atoms with Crippen LogP contribution in [0.4, 0.5) is 0 Å². The summed E-state index contributed by atoms with van der Waals surface area (Å²) in [5, 5.41) is 0. The smallest absolute Gasteiger partial charge is 0.291 e. The molecule has 0 spiro atoms. The van der Waals surface area contributed by atoms with Crippen LogP contribution in [0.3, 0.4) is 0 Å². The number of benzene rings is 1. The first kappa shape index (κ1) is 14.1. The van der Waals surface area contributed by atoms with Crippen molar-refractivity contribution < 1.29 is 13.6 Å². The molecule has 1 rings (SSSR count). The van der Waals surface area contributed by atoms with Gasteiger partial charge in [-0.2, -0.15) is 4.76 Å². The van der Waals surface area contributed by atoms with E-state index in [1.807, 2.05) is 30.3 Å². The molecule has 0 saturated carbocycles. The van der Waals surface area contributed by atoms with Gasteiger partial charge >= 0.3 is 7.75 Å². The second kappa shape index (κ2) is 7.38. The predicted molar refractivity (Wildman–Crippen MR) is 69.5 cm³/mol. The molecule has 0 aromatic heterocycles. The zero-order valence-electron chi connectivity index (χ0n) is 10.2. The molecule has 0 aliphatic heterocycles. The third-order valence-corrected chi connectivity index (χ3v) is 3.59. The number of hydrogen-bond acceptors (Lipinski definition) is 3. The average Bonchev–Trinajstić information content (AvgIpc) is 2.31. The summed E-state index contributed by atoms with van der Waals surface area (Å²) >= 11 is 0. The summed E-state index contributed by atoms with van der Waals surface area (Å²) in [5.41, 5.74) is 1.11. The van der Waals surface area contributed by atoms with E-state index in [-0.39, 0.29) is 0 Å². The maximum Gasteiger partial charge on any atom is 0.453 e. The molecular formula is C12H18NO3P. The van der Waals surface area contributed by atoms with Crippen LogP contribution >= 0.6 is 7.75 Å². The molecule has 0 bridgehead atoms. The van der Waals surface area contributed by atoms with Crippen LogP contribution in [0.1, 0.15) is 19.4 Å². The molecule has 0 heterocycles. The molecule has 0 fully saturated rings. The second-order valence-electron chi connectivity index (χ2n) is 3.29. The highest BCUT2D eigenvalue weighted by molar-refractivity contribution is 7.52. The van der Waals surface area contributed by atoms with Crippen molar-refractivity contribution >= 4 is 14.0 Å². The summed E-state index contributed by atoms with van der Waals surface area (Å²) in [6, 6.07) is 9.82. The Morgan fingerprint density at radius 3 is 2.29 bits per heavy atom. The molecule has 0 N–H and O–H groups in total. The van der Waals surface area contributed by atoms with E-state index < -0.39 is 7.75 Å². The van der Waals surface area contributed by atoms with E-state index in [4.69, 9.17) is 9.05 Å². The minimum absolute atomic E-state index is 0.319. The van der Waals surface area contributed by atoms with E-state index >= 15 is 0 Å². The molecule has 94 valence electrons. The molecule has 0 saturated heterocycles. The fourth-order valence-electron chi connectivity index (χ4n) is 1.29. The van der Waals surface area contributed by atoms with E-state index in [1.54, 1.807) is 20.1 Å². The van der Waals surface area contributed by atoms with Crippen LogP contribution in [-0.2, 0) is 20.0 Å². The van der Waals surface area contributed by atoms with Crippen molar-refractivity contribution in [2.24, 2.45) is 4.76 Å². The van der Waals surface area contributed by atoms with Gasteiger partial charge in [0.05, 0.1) is 13.2 Å². The van der Waals surface area contributed by atoms with E-state index in [1.165, 1.54) is 0 Å². The Kier molecular flexibility index (Phi) is 6.12. The molecule has 1 aromatic rings. The third kappa shape index (κ3) is 5.26. The fraction of sp³-hybridized carbons (Fsp3) is 0.417. The molecule has 4 nitrogen and oxygen atoms in total. The van der Waals surface area contributed by atoms with Crippen LogP contribution in [0.25, 0.3) is 0 Å². The topological polar surface area (TPSA) is 47.9 Å². The van der Waals surface area contributed by atoms with E-state index in [0.717, 1.165) is 5.56 Å². The molecule has 0 aliphatic rings. The van der Waals surface area contributed by atoms with Gasteiger partial charge < -0.3 is 0 Å². The van der Waals surface area contributed by atoms with Gasteiger partial charge in [-0.3, -0.25) is 9.05 Å². The molecular weight excluding hydrogens is 237 g/mol.